The van der Waals surface area contributed by atoms with Crippen LogP contribution in [0.4, 0.5) is 5.69 Å². The van der Waals surface area contributed by atoms with Crippen LogP contribution in [0.3, 0.4) is 0 Å². The van der Waals surface area contributed by atoms with E-state index < -0.39 is 28.5 Å². The zero-order valence-corrected chi connectivity index (χ0v) is 27.8. The first kappa shape index (κ1) is 32.7. The first-order chi connectivity index (χ1) is 21.7. The van der Waals surface area contributed by atoms with Crippen molar-refractivity contribution in [2.75, 3.05) is 10.8 Å². The van der Waals surface area contributed by atoms with Crippen LogP contribution in [0, 0.1) is 0 Å². The van der Waals surface area contributed by atoms with Crippen LogP contribution in [0.15, 0.2) is 119 Å². The van der Waals surface area contributed by atoms with Crippen LogP contribution in [0.5, 0.6) is 0 Å². The number of hydrogen-bond acceptors (Lipinski definition) is 4. The van der Waals surface area contributed by atoms with Crippen molar-refractivity contribution in [3.05, 3.63) is 130 Å². The number of nitrogens with zero attached hydrogens (tertiary/aromatic N) is 2. The fourth-order valence-corrected chi connectivity index (χ4v) is 7.39. The lowest BCUT2D eigenvalue weighted by Gasteiger charge is -2.34. The number of sulfonamides is 1. The number of hydrogen-bond donors (Lipinski definition) is 1. The summed E-state index contributed by atoms with van der Waals surface area (Å²) in [5.41, 5.74) is 1.98. The van der Waals surface area contributed by atoms with Gasteiger partial charge in [0.2, 0.25) is 11.8 Å². The summed E-state index contributed by atoms with van der Waals surface area (Å²) in [6.45, 7) is -0.417. The summed E-state index contributed by atoms with van der Waals surface area (Å²) < 4.78 is 30.0. The number of benzene rings is 4. The monoisotopic (exact) mass is 707 g/mol. The van der Waals surface area contributed by atoms with Crippen LogP contribution in [0.1, 0.15) is 36.8 Å². The molecule has 5 rings (SSSR count). The van der Waals surface area contributed by atoms with Gasteiger partial charge in [-0.2, -0.15) is 0 Å². The van der Waals surface area contributed by atoms with E-state index in [9.17, 15) is 18.0 Å². The molecule has 2 amide bonds. The van der Waals surface area contributed by atoms with E-state index >= 15 is 0 Å². The Morgan fingerprint density at radius 3 is 2.04 bits per heavy atom. The van der Waals surface area contributed by atoms with Crippen LogP contribution in [0.2, 0.25) is 5.02 Å². The van der Waals surface area contributed by atoms with E-state index in [2.05, 4.69) is 21.2 Å². The molecule has 0 bridgehead atoms. The Hall–Kier alpha value is -3.66. The molecule has 234 valence electrons. The third kappa shape index (κ3) is 8.54. The van der Waals surface area contributed by atoms with Crippen molar-refractivity contribution in [1.29, 1.82) is 0 Å². The van der Waals surface area contributed by atoms with Gasteiger partial charge < -0.3 is 10.2 Å². The minimum absolute atomic E-state index is 0.0426. The first-order valence-corrected chi connectivity index (χ1v) is 17.5. The molecular formula is C35H35BrClN3O4S. The Morgan fingerprint density at radius 1 is 0.822 bits per heavy atom. The van der Waals surface area contributed by atoms with Crippen molar-refractivity contribution in [3.8, 4) is 0 Å². The molecule has 1 atom stereocenters. The average Bonchev–Trinajstić information content (AvgIpc) is 3.57. The summed E-state index contributed by atoms with van der Waals surface area (Å²) >= 11 is 9.57. The van der Waals surface area contributed by atoms with Gasteiger partial charge in [0.15, 0.2) is 0 Å². The normalized spacial score (nSPS) is 14.1. The first-order valence-electron chi connectivity index (χ1n) is 14.9. The van der Waals surface area contributed by atoms with Gasteiger partial charge in [0, 0.05) is 28.5 Å². The van der Waals surface area contributed by atoms with E-state index in [1.54, 1.807) is 54.6 Å². The summed E-state index contributed by atoms with van der Waals surface area (Å²) in [5, 5.41) is 3.73. The van der Waals surface area contributed by atoms with Gasteiger partial charge in [0.1, 0.15) is 12.6 Å². The molecule has 0 heterocycles. The van der Waals surface area contributed by atoms with Crippen LogP contribution in [-0.2, 0) is 32.6 Å². The Bertz CT molecular complexity index is 1680. The molecular weight excluding hydrogens is 674 g/mol. The molecule has 0 aliphatic heterocycles. The summed E-state index contributed by atoms with van der Waals surface area (Å²) in [6, 6.07) is 30.6. The Labute approximate surface area is 278 Å². The Morgan fingerprint density at radius 2 is 1.42 bits per heavy atom. The summed E-state index contributed by atoms with van der Waals surface area (Å²) in [6.07, 6.45) is 4.13. The van der Waals surface area contributed by atoms with Crippen molar-refractivity contribution >= 4 is 55.1 Å². The number of carbonyl (C=O) groups is 2. The van der Waals surface area contributed by atoms with E-state index in [0.29, 0.717) is 10.7 Å². The highest BCUT2D eigenvalue weighted by atomic mass is 79.9. The summed E-state index contributed by atoms with van der Waals surface area (Å²) in [7, 11) is -4.14. The van der Waals surface area contributed by atoms with E-state index in [1.807, 2.05) is 42.5 Å². The topological polar surface area (TPSA) is 86.8 Å². The van der Waals surface area contributed by atoms with Crippen molar-refractivity contribution in [2.45, 2.75) is 55.6 Å². The fourth-order valence-electron chi connectivity index (χ4n) is 5.56. The average molecular weight is 709 g/mol. The zero-order valence-electron chi connectivity index (χ0n) is 24.7. The minimum Gasteiger partial charge on any atom is -0.352 e. The highest BCUT2D eigenvalue weighted by Gasteiger charge is 2.35. The van der Waals surface area contributed by atoms with E-state index in [-0.39, 0.29) is 29.8 Å². The molecule has 10 heteroatoms. The molecule has 4 aromatic carbocycles. The quantitative estimate of drug-likeness (QED) is 0.172. The number of carbonyl (C=O) groups excluding carboxylic acids is 2. The van der Waals surface area contributed by atoms with Gasteiger partial charge in [0.25, 0.3) is 10.0 Å². The molecule has 0 unspecified atom stereocenters. The third-order valence-electron chi connectivity index (χ3n) is 7.96. The maximum Gasteiger partial charge on any atom is 0.264 e. The molecule has 0 aromatic heterocycles. The lowest BCUT2D eigenvalue weighted by atomic mass is 10.0. The molecule has 0 saturated heterocycles. The number of anilines is 1. The molecule has 1 saturated carbocycles. The molecule has 0 radical (unpaired) electrons. The molecule has 1 fully saturated rings. The molecule has 1 aliphatic rings. The molecule has 0 spiro atoms. The van der Waals surface area contributed by atoms with Gasteiger partial charge in [-0.05, 0) is 72.5 Å². The number of halogens is 2. The van der Waals surface area contributed by atoms with Gasteiger partial charge in [-0.3, -0.25) is 13.9 Å². The standard InChI is InChI=1S/C35H35BrClN3O4S/c36-28-17-21-31(22-18-28)40(45(43,44)32-13-5-2-6-14-32)25-34(41)39(24-27-15-19-29(37)20-16-27)33(23-26-9-3-1-4-10-26)35(42)38-30-11-7-8-12-30/h1-6,9-10,13-22,30,33H,7-8,11-12,23-25H2,(H,38,42)/t33-/m0/s1. The van der Waals surface area contributed by atoms with Gasteiger partial charge in [-0.25, -0.2) is 8.42 Å². The van der Waals surface area contributed by atoms with Crippen molar-refractivity contribution in [1.82, 2.24) is 10.2 Å². The van der Waals surface area contributed by atoms with E-state index in [0.717, 1.165) is 45.6 Å². The van der Waals surface area contributed by atoms with Gasteiger partial charge in [0.05, 0.1) is 10.6 Å². The second-order valence-corrected chi connectivity index (χ2v) is 14.4. The lowest BCUT2D eigenvalue weighted by Crippen LogP contribution is -2.54. The van der Waals surface area contributed by atoms with Gasteiger partial charge in [-0.1, -0.05) is 101 Å². The van der Waals surface area contributed by atoms with Crippen LogP contribution in [0.25, 0.3) is 0 Å². The smallest absolute Gasteiger partial charge is 0.264 e. The van der Waals surface area contributed by atoms with Gasteiger partial charge in [-0.15, -0.1) is 0 Å². The van der Waals surface area contributed by atoms with Crippen molar-refractivity contribution in [2.24, 2.45) is 0 Å². The highest BCUT2D eigenvalue weighted by Crippen LogP contribution is 2.27. The predicted molar refractivity (Wildman–Crippen MR) is 181 cm³/mol. The van der Waals surface area contributed by atoms with Crippen LogP contribution < -0.4 is 9.62 Å². The Balaban J connectivity index is 1.55. The van der Waals surface area contributed by atoms with Gasteiger partial charge >= 0.3 is 0 Å². The molecule has 45 heavy (non-hydrogen) atoms. The lowest BCUT2D eigenvalue weighted by molar-refractivity contribution is -0.140. The maximum atomic E-state index is 14.5. The third-order valence-corrected chi connectivity index (χ3v) is 10.5. The molecule has 1 aliphatic carbocycles. The second-order valence-electron chi connectivity index (χ2n) is 11.1. The number of amides is 2. The molecule has 1 N–H and O–H groups in total. The number of rotatable bonds is 12. The zero-order chi connectivity index (χ0) is 31.8. The van der Waals surface area contributed by atoms with E-state index in [4.69, 9.17) is 11.6 Å². The summed E-state index contributed by atoms with van der Waals surface area (Å²) in [4.78, 5) is 30.1. The van der Waals surface area contributed by atoms with Crippen molar-refractivity contribution in [3.63, 3.8) is 0 Å². The number of nitrogens with one attached hydrogen (secondary N) is 1. The predicted octanol–water partition coefficient (Wildman–Crippen LogP) is 7.00. The minimum atomic E-state index is -4.14. The maximum absolute atomic E-state index is 14.5. The Kier molecular flexibility index (Phi) is 11.0. The second kappa shape index (κ2) is 15.1. The molecule has 7 nitrogen and oxygen atoms in total. The largest absolute Gasteiger partial charge is 0.352 e. The summed E-state index contributed by atoms with van der Waals surface area (Å²) in [5.74, 6) is -0.760. The van der Waals surface area contributed by atoms with Crippen LogP contribution in [-0.4, -0.2) is 43.8 Å². The fraction of sp³-hybridized carbons (Fsp3) is 0.257. The SMILES string of the molecule is O=C(NC1CCCC1)[C@H](Cc1ccccc1)N(Cc1ccc(Cl)cc1)C(=O)CN(c1ccc(Br)cc1)S(=O)(=O)c1ccccc1. The highest BCUT2D eigenvalue weighted by molar-refractivity contribution is 9.10. The van der Waals surface area contributed by atoms with E-state index in [1.165, 1.54) is 17.0 Å². The van der Waals surface area contributed by atoms with Crippen molar-refractivity contribution < 1.29 is 18.0 Å². The molecule has 4 aromatic rings. The van der Waals surface area contributed by atoms with Crippen LogP contribution >= 0.6 is 27.5 Å².